The third kappa shape index (κ3) is 3.20. The lowest BCUT2D eigenvalue weighted by Gasteiger charge is -2.23. The fourth-order valence-electron chi connectivity index (χ4n) is 3.93. The van der Waals surface area contributed by atoms with Gasteiger partial charge in [-0.2, -0.15) is 10.5 Å². The van der Waals surface area contributed by atoms with Gasteiger partial charge in [-0.3, -0.25) is 0 Å². The van der Waals surface area contributed by atoms with E-state index >= 15 is 0 Å². The lowest BCUT2D eigenvalue weighted by molar-refractivity contribution is 0.641. The smallest absolute Gasteiger partial charge is 0.165 e. The summed E-state index contributed by atoms with van der Waals surface area (Å²) in [6, 6.07) is 22.2. The average molecular weight is 409 g/mol. The van der Waals surface area contributed by atoms with Crippen LogP contribution in [0.1, 0.15) is 19.4 Å². The number of benzene rings is 2. The van der Waals surface area contributed by atoms with Crippen LogP contribution in [0.3, 0.4) is 0 Å². The van der Waals surface area contributed by atoms with Gasteiger partial charge in [0.2, 0.25) is 0 Å². The molecule has 0 fully saturated rings. The van der Waals surface area contributed by atoms with Crippen molar-refractivity contribution in [1.82, 2.24) is 4.98 Å². The highest BCUT2D eigenvalue weighted by atomic mass is 32.1. The quantitative estimate of drug-likeness (QED) is 0.640. The van der Waals surface area contributed by atoms with Crippen LogP contribution in [0, 0.1) is 22.7 Å². The third-order valence-corrected chi connectivity index (χ3v) is 6.51. The Morgan fingerprint density at radius 3 is 2.33 bits per heavy atom. The number of thiazole rings is 1. The number of hydrogen-bond acceptors (Lipinski definition) is 5. The molecule has 1 aliphatic heterocycles. The Hall–Kier alpha value is -3.67. The fraction of sp³-hybridized carbons (Fsp3) is 0.160. The molecule has 0 amide bonds. The molecule has 0 radical (unpaired) electrons. The first-order valence-corrected chi connectivity index (χ1v) is 10.4. The van der Waals surface area contributed by atoms with E-state index in [2.05, 4.69) is 67.2 Å². The van der Waals surface area contributed by atoms with Crippen LogP contribution in [0.15, 0.2) is 66.4 Å². The highest BCUT2D eigenvalue weighted by Crippen LogP contribution is 2.46. The van der Waals surface area contributed by atoms with E-state index in [9.17, 15) is 10.5 Å². The van der Waals surface area contributed by atoms with Crippen LogP contribution in [0.2, 0.25) is 0 Å². The molecule has 2 heterocycles. The van der Waals surface area contributed by atoms with Gasteiger partial charge in [-0.15, -0.1) is 11.3 Å². The largest absolute Gasteiger partial charge is 0.347 e. The van der Waals surface area contributed by atoms with E-state index in [0.717, 1.165) is 15.8 Å². The molecule has 0 saturated heterocycles. The number of allylic oxidation sites excluding steroid dienone is 2. The predicted octanol–water partition coefficient (Wildman–Crippen LogP) is 4.10. The minimum atomic E-state index is -0.126. The molecular weight excluding hydrogens is 388 g/mol. The van der Waals surface area contributed by atoms with E-state index in [0.29, 0.717) is 4.66 Å². The monoisotopic (exact) mass is 408 g/mol. The van der Waals surface area contributed by atoms with E-state index < -0.39 is 0 Å². The molecule has 0 aliphatic carbocycles. The topological polar surface area (TPSA) is 63.7 Å². The summed E-state index contributed by atoms with van der Waals surface area (Å²) in [5.74, 6) is 0. The Kier molecular flexibility index (Phi) is 4.99. The minimum absolute atomic E-state index is 0.0372. The van der Waals surface area contributed by atoms with Crippen molar-refractivity contribution in [1.29, 1.82) is 10.5 Å². The predicted molar refractivity (Wildman–Crippen MR) is 122 cm³/mol. The van der Waals surface area contributed by atoms with Crippen LogP contribution in [-0.4, -0.2) is 12.0 Å². The van der Waals surface area contributed by atoms with Gasteiger partial charge in [0.15, 0.2) is 5.57 Å². The second-order valence-corrected chi connectivity index (χ2v) is 8.65. The standard InChI is InChI=1S/C25H20N4S/c1-25(2)19-11-7-8-12-20(19)29(3)22(25)14-13-21-23(17-9-5-4-6-10-17)28-24(30-21)18(15-26)16-27/h4-14H,1-3H3/b21-13-,22-14+. The van der Waals surface area contributed by atoms with E-state index in [-0.39, 0.29) is 11.0 Å². The number of para-hydroxylation sites is 1. The summed E-state index contributed by atoms with van der Waals surface area (Å²) in [7, 11) is 2.08. The first-order chi connectivity index (χ1) is 14.5. The molecule has 0 N–H and O–H groups in total. The molecular formula is C25H20N4S. The highest BCUT2D eigenvalue weighted by Gasteiger charge is 2.37. The van der Waals surface area contributed by atoms with Gasteiger partial charge < -0.3 is 4.90 Å². The Bertz CT molecular complexity index is 1330. The van der Waals surface area contributed by atoms with Gasteiger partial charge in [0.1, 0.15) is 16.8 Å². The number of anilines is 1. The zero-order chi connectivity index (χ0) is 21.3. The number of hydrogen-bond donors (Lipinski definition) is 0. The Morgan fingerprint density at radius 2 is 1.67 bits per heavy atom. The Labute approximate surface area is 180 Å². The van der Waals surface area contributed by atoms with Crippen molar-refractivity contribution in [3.8, 4) is 23.4 Å². The van der Waals surface area contributed by atoms with Crippen LogP contribution in [0.4, 0.5) is 5.69 Å². The second kappa shape index (κ2) is 7.63. The molecule has 0 saturated carbocycles. The number of fused-ring (bicyclic) bond motifs is 1. The summed E-state index contributed by atoms with van der Waals surface area (Å²) in [5, 5.41) is 18.6. The molecule has 5 heteroatoms. The number of nitrogens with zero attached hydrogens (tertiary/aromatic N) is 4. The van der Waals surface area contributed by atoms with Gasteiger partial charge in [-0.1, -0.05) is 62.4 Å². The lowest BCUT2D eigenvalue weighted by Crippen LogP contribution is -2.22. The number of likely N-dealkylation sites (N-methyl/N-ethyl adjacent to an activating group) is 1. The SMILES string of the molecule is CN1/C(=C/C=c2\sc(=C(C#N)C#N)nc2-c2ccccc2)C(C)(C)c2ccccc21. The maximum Gasteiger partial charge on any atom is 0.165 e. The summed E-state index contributed by atoms with van der Waals surface area (Å²) in [4.78, 5) is 6.85. The van der Waals surface area contributed by atoms with Crippen molar-refractivity contribution in [2.75, 3.05) is 11.9 Å². The molecule has 30 heavy (non-hydrogen) atoms. The molecule has 4 nitrogen and oxygen atoms in total. The van der Waals surface area contributed by atoms with Crippen molar-refractivity contribution in [2.45, 2.75) is 19.3 Å². The molecule has 1 aromatic heterocycles. The zero-order valence-electron chi connectivity index (χ0n) is 17.0. The first-order valence-electron chi connectivity index (χ1n) is 9.60. The molecule has 4 rings (SSSR count). The van der Waals surface area contributed by atoms with E-state index in [1.807, 2.05) is 42.5 Å². The zero-order valence-corrected chi connectivity index (χ0v) is 17.9. The summed E-state index contributed by atoms with van der Waals surface area (Å²) in [6.07, 6.45) is 4.18. The molecule has 2 aromatic carbocycles. The highest BCUT2D eigenvalue weighted by molar-refractivity contribution is 7.08. The summed E-state index contributed by atoms with van der Waals surface area (Å²) >= 11 is 1.37. The molecule has 0 spiro atoms. The minimum Gasteiger partial charge on any atom is -0.347 e. The van der Waals surface area contributed by atoms with Crippen molar-refractivity contribution in [2.24, 2.45) is 0 Å². The van der Waals surface area contributed by atoms with Crippen LogP contribution >= 0.6 is 11.3 Å². The summed E-state index contributed by atoms with van der Waals surface area (Å²) in [6.45, 7) is 4.45. The summed E-state index contributed by atoms with van der Waals surface area (Å²) < 4.78 is 1.37. The molecule has 146 valence electrons. The molecule has 0 bridgehead atoms. The van der Waals surface area contributed by atoms with Gasteiger partial charge in [0.25, 0.3) is 0 Å². The van der Waals surface area contributed by atoms with Gasteiger partial charge in [0.05, 0.1) is 10.2 Å². The van der Waals surface area contributed by atoms with Crippen LogP contribution in [0.5, 0.6) is 0 Å². The Balaban J connectivity index is 1.93. The maximum atomic E-state index is 9.28. The second-order valence-electron chi connectivity index (χ2n) is 7.62. The molecule has 0 unspecified atom stereocenters. The lowest BCUT2D eigenvalue weighted by atomic mass is 9.84. The van der Waals surface area contributed by atoms with Gasteiger partial charge >= 0.3 is 0 Å². The number of aromatic nitrogens is 1. The normalized spacial score (nSPS) is 16.2. The van der Waals surface area contributed by atoms with Gasteiger partial charge in [-0.05, 0) is 23.8 Å². The molecule has 1 aliphatic rings. The Morgan fingerprint density at radius 1 is 1.00 bits per heavy atom. The average Bonchev–Trinajstić information content (AvgIpc) is 3.26. The number of nitriles is 2. The van der Waals surface area contributed by atoms with Crippen LogP contribution in [0.25, 0.3) is 22.9 Å². The van der Waals surface area contributed by atoms with E-state index in [1.54, 1.807) is 0 Å². The summed E-state index contributed by atoms with van der Waals surface area (Å²) in [5.41, 5.74) is 5.34. The van der Waals surface area contributed by atoms with E-state index in [1.165, 1.54) is 28.3 Å². The fourth-order valence-corrected chi connectivity index (χ4v) is 4.87. The van der Waals surface area contributed by atoms with E-state index in [4.69, 9.17) is 0 Å². The van der Waals surface area contributed by atoms with Crippen molar-refractivity contribution < 1.29 is 0 Å². The van der Waals surface area contributed by atoms with Crippen molar-refractivity contribution >= 4 is 28.7 Å². The van der Waals surface area contributed by atoms with Crippen LogP contribution in [-0.2, 0) is 5.41 Å². The van der Waals surface area contributed by atoms with Crippen LogP contribution < -0.4 is 14.1 Å². The third-order valence-electron chi connectivity index (χ3n) is 5.47. The number of rotatable bonds is 2. The van der Waals surface area contributed by atoms with Gasteiger partial charge in [-0.25, -0.2) is 4.98 Å². The molecule has 3 aromatic rings. The molecule has 0 atom stereocenters. The van der Waals surface area contributed by atoms with Crippen molar-refractivity contribution in [3.63, 3.8) is 0 Å². The first kappa shape index (κ1) is 19.6. The maximum absolute atomic E-state index is 9.28. The van der Waals surface area contributed by atoms with Gasteiger partial charge in [0, 0.05) is 29.4 Å². The van der Waals surface area contributed by atoms with Crippen molar-refractivity contribution in [3.05, 3.63) is 81.1 Å².